The molecule has 6 heteroatoms. The van der Waals surface area contributed by atoms with Gasteiger partial charge in [-0.3, -0.25) is 4.99 Å². The smallest absolute Gasteiger partial charge is 0.191 e. The second-order valence-corrected chi connectivity index (χ2v) is 8.63. The van der Waals surface area contributed by atoms with Gasteiger partial charge in [-0.2, -0.15) is 0 Å². The van der Waals surface area contributed by atoms with E-state index in [9.17, 15) is 0 Å². The van der Waals surface area contributed by atoms with Crippen molar-refractivity contribution in [3.05, 3.63) is 34.3 Å². The summed E-state index contributed by atoms with van der Waals surface area (Å²) in [7, 11) is 2.31. The molecular formula is C21H34BrIN4. The molecular weight excluding hydrogens is 515 g/mol. The Bertz CT molecular complexity index is 596. The first-order valence-electron chi connectivity index (χ1n) is 10.2. The molecule has 2 heterocycles. The lowest BCUT2D eigenvalue weighted by molar-refractivity contribution is 0.0526. The summed E-state index contributed by atoms with van der Waals surface area (Å²) in [4.78, 5) is 7.44. The van der Waals surface area contributed by atoms with Gasteiger partial charge < -0.3 is 15.5 Å². The molecule has 0 saturated carbocycles. The second-order valence-electron chi connectivity index (χ2n) is 7.71. The molecule has 3 rings (SSSR count). The monoisotopic (exact) mass is 548 g/mol. The first-order valence-corrected chi connectivity index (χ1v) is 11.0. The Hall–Kier alpha value is -0.340. The Morgan fingerprint density at radius 3 is 2.67 bits per heavy atom. The van der Waals surface area contributed by atoms with Crippen LogP contribution in [0, 0.1) is 0 Å². The maximum absolute atomic E-state index is 4.83. The first-order chi connectivity index (χ1) is 12.7. The molecule has 2 saturated heterocycles. The van der Waals surface area contributed by atoms with Crippen LogP contribution in [-0.2, 0) is 6.42 Å². The van der Waals surface area contributed by atoms with E-state index in [1.165, 1.54) is 37.7 Å². The van der Waals surface area contributed by atoms with Crippen LogP contribution in [0.4, 0.5) is 0 Å². The van der Waals surface area contributed by atoms with Gasteiger partial charge in [-0.1, -0.05) is 34.5 Å². The number of guanidine groups is 1. The fourth-order valence-electron chi connectivity index (χ4n) is 4.41. The number of rotatable bonds is 6. The minimum atomic E-state index is 0. The first kappa shape index (κ1) is 22.9. The third-order valence-corrected chi connectivity index (χ3v) is 6.30. The number of nitrogens with zero attached hydrogens (tertiary/aromatic N) is 2. The number of hydrogen-bond acceptors (Lipinski definition) is 2. The number of aryl methyl sites for hydroxylation is 1. The third-order valence-electron chi connectivity index (χ3n) is 5.81. The lowest BCUT2D eigenvalue weighted by Gasteiger charge is -2.47. The molecule has 27 heavy (non-hydrogen) atoms. The van der Waals surface area contributed by atoms with Crippen molar-refractivity contribution in [1.29, 1.82) is 0 Å². The van der Waals surface area contributed by atoms with E-state index in [4.69, 9.17) is 4.99 Å². The van der Waals surface area contributed by atoms with Gasteiger partial charge in [0.25, 0.3) is 0 Å². The second kappa shape index (κ2) is 11.6. The molecule has 0 aromatic heterocycles. The van der Waals surface area contributed by atoms with Crippen LogP contribution in [0.25, 0.3) is 0 Å². The van der Waals surface area contributed by atoms with Crippen LogP contribution in [-0.4, -0.2) is 49.1 Å². The van der Waals surface area contributed by atoms with Crippen LogP contribution in [0.1, 0.15) is 51.0 Å². The van der Waals surface area contributed by atoms with Crippen molar-refractivity contribution in [2.45, 2.75) is 70.0 Å². The summed E-state index contributed by atoms with van der Waals surface area (Å²) in [6.07, 6.45) is 8.74. The summed E-state index contributed by atoms with van der Waals surface area (Å²) in [6, 6.07) is 10.6. The molecule has 4 nitrogen and oxygen atoms in total. The summed E-state index contributed by atoms with van der Waals surface area (Å²) in [5, 5.41) is 7.15. The minimum Gasteiger partial charge on any atom is -0.357 e. The Kier molecular flexibility index (Phi) is 9.87. The van der Waals surface area contributed by atoms with Gasteiger partial charge >= 0.3 is 0 Å². The molecule has 2 unspecified atom stereocenters. The summed E-state index contributed by atoms with van der Waals surface area (Å²) >= 11 is 3.54. The zero-order valence-corrected chi connectivity index (χ0v) is 20.5. The topological polar surface area (TPSA) is 39.7 Å². The summed E-state index contributed by atoms with van der Waals surface area (Å²) in [5.74, 6) is 0.995. The minimum absolute atomic E-state index is 0. The maximum atomic E-state index is 4.83. The lowest BCUT2D eigenvalue weighted by Crippen LogP contribution is -2.56. The molecule has 2 atom stereocenters. The van der Waals surface area contributed by atoms with E-state index in [0.717, 1.165) is 48.4 Å². The van der Waals surface area contributed by atoms with Gasteiger partial charge in [0.05, 0.1) is 0 Å². The van der Waals surface area contributed by atoms with E-state index in [1.807, 2.05) is 0 Å². The van der Waals surface area contributed by atoms with Gasteiger partial charge in [0.1, 0.15) is 0 Å². The van der Waals surface area contributed by atoms with Gasteiger partial charge in [-0.25, -0.2) is 0 Å². The molecule has 0 radical (unpaired) electrons. The lowest BCUT2D eigenvalue weighted by atomic mass is 9.82. The molecule has 1 aromatic rings. The van der Waals surface area contributed by atoms with Gasteiger partial charge in [-0.05, 0) is 70.2 Å². The van der Waals surface area contributed by atoms with Crippen LogP contribution in [0.15, 0.2) is 33.7 Å². The van der Waals surface area contributed by atoms with Crippen LogP contribution >= 0.6 is 39.9 Å². The van der Waals surface area contributed by atoms with Gasteiger partial charge in [0.2, 0.25) is 0 Å². The van der Waals surface area contributed by atoms with Gasteiger partial charge in [-0.15, -0.1) is 24.0 Å². The highest BCUT2D eigenvalue weighted by Gasteiger charge is 2.36. The van der Waals surface area contributed by atoms with E-state index in [2.05, 4.69) is 69.7 Å². The fraction of sp³-hybridized carbons (Fsp3) is 0.667. The van der Waals surface area contributed by atoms with Crippen molar-refractivity contribution in [2.24, 2.45) is 4.99 Å². The number of halogens is 2. The van der Waals surface area contributed by atoms with E-state index in [-0.39, 0.29) is 24.0 Å². The molecule has 0 spiro atoms. The van der Waals surface area contributed by atoms with E-state index < -0.39 is 0 Å². The van der Waals surface area contributed by atoms with Gasteiger partial charge in [0, 0.05) is 35.7 Å². The zero-order valence-electron chi connectivity index (χ0n) is 16.6. The normalized spacial score (nSPS) is 25.6. The van der Waals surface area contributed by atoms with Gasteiger partial charge in [0.15, 0.2) is 5.96 Å². The maximum Gasteiger partial charge on any atom is 0.191 e. The van der Waals surface area contributed by atoms with Crippen molar-refractivity contribution in [3.8, 4) is 0 Å². The highest BCUT2D eigenvalue weighted by Crippen LogP contribution is 2.32. The Morgan fingerprint density at radius 1 is 1.26 bits per heavy atom. The molecule has 2 aliphatic rings. The molecule has 2 N–H and O–H groups in total. The number of benzene rings is 1. The summed E-state index contributed by atoms with van der Waals surface area (Å²) in [6.45, 7) is 3.92. The van der Waals surface area contributed by atoms with E-state index in [0.29, 0.717) is 6.04 Å². The standard InChI is InChI=1S/C21H33BrN4.HI/c1-3-23-21(24-12-6-8-16-7-4-9-17(22)13-16)25-18-14-19-10-5-11-20(15-18)26(19)2;/h4,7,9,13,18-20H,3,5-6,8,10-12,14-15H2,1-2H3,(H2,23,24,25);1H. The quantitative estimate of drug-likeness (QED) is 0.237. The van der Waals surface area contributed by atoms with Crippen molar-refractivity contribution in [3.63, 3.8) is 0 Å². The number of fused-ring (bicyclic) bond motifs is 2. The number of hydrogen-bond donors (Lipinski definition) is 2. The van der Waals surface area contributed by atoms with Crippen molar-refractivity contribution in [2.75, 3.05) is 20.1 Å². The third kappa shape index (κ3) is 6.89. The van der Waals surface area contributed by atoms with Crippen LogP contribution in [0.5, 0.6) is 0 Å². The number of aliphatic imine (C=N–C) groups is 1. The predicted octanol–water partition coefficient (Wildman–Crippen LogP) is 4.57. The predicted molar refractivity (Wildman–Crippen MR) is 129 cm³/mol. The fourth-order valence-corrected chi connectivity index (χ4v) is 4.86. The molecule has 0 amide bonds. The Morgan fingerprint density at radius 2 is 2.00 bits per heavy atom. The average Bonchev–Trinajstić information content (AvgIpc) is 2.60. The van der Waals surface area contributed by atoms with Crippen LogP contribution < -0.4 is 10.6 Å². The molecule has 2 fully saturated rings. The zero-order chi connectivity index (χ0) is 18.4. The highest BCUT2D eigenvalue weighted by atomic mass is 127. The van der Waals surface area contributed by atoms with E-state index >= 15 is 0 Å². The molecule has 0 aliphatic carbocycles. The number of nitrogens with one attached hydrogen (secondary N) is 2. The summed E-state index contributed by atoms with van der Waals surface area (Å²) < 4.78 is 1.15. The van der Waals surface area contributed by atoms with E-state index in [1.54, 1.807) is 0 Å². The van der Waals surface area contributed by atoms with Crippen molar-refractivity contribution in [1.82, 2.24) is 15.5 Å². The molecule has 1 aromatic carbocycles. The summed E-state index contributed by atoms with van der Waals surface area (Å²) in [5.41, 5.74) is 1.37. The van der Waals surface area contributed by atoms with Crippen molar-refractivity contribution >= 4 is 45.9 Å². The molecule has 2 bridgehead atoms. The largest absolute Gasteiger partial charge is 0.357 e. The Labute approximate surface area is 190 Å². The molecule has 152 valence electrons. The van der Waals surface area contributed by atoms with Crippen molar-refractivity contribution < 1.29 is 0 Å². The van der Waals surface area contributed by atoms with Crippen LogP contribution in [0.2, 0.25) is 0 Å². The van der Waals surface area contributed by atoms with Crippen LogP contribution in [0.3, 0.4) is 0 Å². The highest BCUT2D eigenvalue weighted by molar-refractivity contribution is 14.0. The molecule has 2 aliphatic heterocycles. The average molecular weight is 549 g/mol. The number of piperidine rings is 2. The Balaban J connectivity index is 0.00000261. The SMILES string of the molecule is CCNC(=NCCCc1cccc(Br)c1)NC1CC2CCCC(C1)N2C.I.